The van der Waals surface area contributed by atoms with Crippen LogP contribution >= 0.6 is 0 Å². The van der Waals surface area contributed by atoms with Crippen molar-refractivity contribution in [3.63, 3.8) is 0 Å². The summed E-state index contributed by atoms with van der Waals surface area (Å²) in [4.78, 5) is 52.4. The predicted octanol–water partition coefficient (Wildman–Crippen LogP) is 0.443. The molecule has 146 valence electrons. The van der Waals surface area contributed by atoms with Crippen molar-refractivity contribution in [1.82, 2.24) is 16.1 Å². The zero-order valence-electron chi connectivity index (χ0n) is 15.2. The lowest BCUT2D eigenvalue weighted by Crippen LogP contribution is -2.58. The maximum absolute atomic E-state index is 12.5. The van der Waals surface area contributed by atoms with Crippen molar-refractivity contribution in [2.75, 3.05) is 6.61 Å². The first-order valence-corrected chi connectivity index (χ1v) is 8.60. The topological polar surface area (TPSA) is 123 Å². The molecule has 0 aromatic heterocycles. The quantitative estimate of drug-likeness (QED) is 0.593. The summed E-state index contributed by atoms with van der Waals surface area (Å²) < 4.78 is 5.13. The lowest BCUT2D eigenvalue weighted by Gasteiger charge is -2.25. The number of Topliss-reactive ketones (excluding diaryl/α,β-unsaturated/α-hetero) is 1. The van der Waals surface area contributed by atoms with E-state index < -0.39 is 35.8 Å². The molecule has 2 unspecified atom stereocenters. The Morgan fingerprint density at radius 1 is 1.26 bits per heavy atom. The van der Waals surface area contributed by atoms with Crippen LogP contribution in [0.3, 0.4) is 0 Å². The number of carbonyl (C=O) groups excluding carboxylic acids is 4. The molecule has 1 fully saturated rings. The van der Waals surface area contributed by atoms with Gasteiger partial charge >= 0.3 is 12.0 Å². The first-order valence-electron chi connectivity index (χ1n) is 8.60. The molecular formula is C18H23N3O6. The lowest BCUT2D eigenvalue weighted by atomic mass is 10.0. The summed E-state index contributed by atoms with van der Waals surface area (Å²) in [5.41, 5.74) is 2.74. The van der Waals surface area contributed by atoms with Crippen molar-refractivity contribution in [2.45, 2.75) is 39.0 Å². The Morgan fingerprint density at radius 2 is 1.96 bits per heavy atom. The van der Waals surface area contributed by atoms with Gasteiger partial charge in [0, 0.05) is 0 Å². The standard InChI is InChI=1S/C18H23N3O6/c1-11(2)8-13(16(23)19-14-10-27-21-17(24)15(14)22)20-18(25)26-9-12-6-4-3-5-7-12/h3-7,11,13-14H,8-10H2,1-2H3,(H,19,23)(H,20,25)(H,21,24). The third-order valence-corrected chi connectivity index (χ3v) is 3.80. The van der Waals surface area contributed by atoms with Gasteiger partial charge in [0.25, 0.3) is 0 Å². The smallest absolute Gasteiger partial charge is 0.408 e. The molecule has 1 saturated heterocycles. The van der Waals surface area contributed by atoms with E-state index in [9.17, 15) is 19.2 Å². The fourth-order valence-electron chi connectivity index (χ4n) is 2.46. The number of hydrogen-bond donors (Lipinski definition) is 3. The summed E-state index contributed by atoms with van der Waals surface area (Å²) in [5, 5.41) is 4.95. The SMILES string of the molecule is CC(C)CC(NC(=O)OCc1ccccc1)C(=O)NC1CONC(=O)C1=O. The van der Waals surface area contributed by atoms with Gasteiger partial charge in [-0.25, -0.2) is 10.3 Å². The molecule has 0 spiro atoms. The monoisotopic (exact) mass is 377 g/mol. The highest BCUT2D eigenvalue weighted by atomic mass is 16.7. The van der Waals surface area contributed by atoms with Crippen LogP contribution in [0.15, 0.2) is 30.3 Å². The molecule has 9 heteroatoms. The first-order chi connectivity index (χ1) is 12.9. The Morgan fingerprint density at radius 3 is 2.63 bits per heavy atom. The highest BCUT2D eigenvalue weighted by Crippen LogP contribution is 2.07. The van der Waals surface area contributed by atoms with Crippen LogP contribution in [0.5, 0.6) is 0 Å². The van der Waals surface area contributed by atoms with E-state index in [1.165, 1.54) is 0 Å². The van der Waals surface area contributed by atoms with Crippen molar-refractivity contribution < 1.29 is 28.8 Å². The van der Waals surface area contributed by atoms with E-state index in [0.717, 1.165) is 5.56 Å². The number of hydroxylamine groups is 1. The summed E-state index contributed by atoms with van der Waals surface area (Å²) in [6.07, 6.45) is -0.413. The van der Waals surface area contributed by atoms with Crippen LogP contribution in [0.2, 0.25) is 0 Å². The average molecular weight is 377 g/mol. The number of alkyl carbamates (subject to hydrolysis) is 1. The van der Waals surface area contributed by atoms with E-state index in [1.54, 1.807) is 0 Å². The molecule has 1 aromatic rings. The fourth-order valence-corrected chi connectivity index (χ4v) is 2.46. The van der Waals surface area contributed by atoms with Crippen LogP contribution in [0, 0.1) is 5.92 Å². The Bertz CT molecular complexity index is 692. The Labute approximate surface area is 156 Å². The molecule has 2 atom stereocenters. The van der Waals surface area contributed by atoms with Gasteiger partial charge in [-0.2, -0.15) is 0 Å². The number of benzene rings is 1. The van der Waals surface area contributed by atoms with Crippen LogP contribution in [0.25, 0.3) is 0 Å². The van der Waals surface area contributed by atoms with Crippen molar-refractivity contribution in [3.8, 4) is 0 Å². The van der Waals surface area contributed by atoms with E-state index in [4.69, 9.17) is 9.57 Å². The second kappa shape index (κ2) is 9.67. The molecule has 1 aliphatic heterocycles. The molecule has 1 aromatic carbocycles. The van der Waals surface area contributed by atoms with Crippen LogP contribution in [0.1, 0.15) is 25.8 Å². The Hall–Kier alpha value is -2.94. The van der Waals surface area contributed by atoms with Crippen LogP contribution in [-0.2, 0) is 30.6 Å². The highest BCUT2D eigenvalue weighted by Gasteiger charge is 2.34. The molecule has 27 heavy (non-hydrogen) atoms. The molecule has 0 aliphatic carbocycles. The number of carbonyl (C=O) groups is 4. The van der Waals surface area contributed by atoms with Gasteiger partial charge in [-0.1, -0.05) is 44.2 Å². The fraction of sp³-hybridized carbons (Fsp3) is 0.444. The third kappa shape index (κ3) is 6.37. The normalized spacial score (nSPS) is 17.8. The average Bonchev–Trinajstić information content (AvgIpc) is 2.63. The van der Waals surface area contributed by atoms with Crippen LogP contribution in [0.4, 0.5) is 4.79 Å². The second-order valence-electron chi connectivity index (χ2n) is 6.56. The summed E-state index contributed by atoms with van der Waals surface area (Å²) in [6, 6.07) is 7.12. The zero-order chi connectivity index (χ0) is 19.8. The molecule has 2 rings (SSSR count). The highest BCUT2D eigenvalue weighted by molar-refractivity contribution is 6.38. The van der Waals surface area contributed by atoms with Gasteiger partial charge < -0.3 is 15.4 Å². The molecule has 0 bridgehead atoms. The predicted molar refractivity (Wildman–Crippen MR) is 94.0 cm³/mol. The number of hydrogen-bond acceptors (Lipinski definition) is 6. The summed E-state index contributed by atoms with van der Waals surface area (Å²) in [6.45, 7) is 3.67. The summed E-state index contributed by atoms with van der Waals surface area (Å²) in [7, 11) is 0. The lowest BCUT2D eigenvalue weighted by molar-refractivity contribution is -0.155. The van der Waals surface area contributed by atoms with Crippen molar-refractivity contribution in [1.29, 1.82) is 0 Å². The minimum Gasteiger partial charge on any atom is -0.445 e. The number of ketones is 1. The molecule has 9 nitrogen and oxygen atoms in total. The van der Waals surface area contributed by atoms with Crippen molar-refractivity contribution >= 4 is 23.7 Å². The number of ether oxygens (including phenoxy) is 1. The minimum absolute atomic E-state index is 0.0673. The van der Waals surface area contributed by atoms with Crippen molar-refractivity contribution in [3.05, 3.63) is 35.9 Å². The van der Waals surface area contributed by atoms with Crippen molar-refractivity contribution in [2.24, 2.45) is 5.92 Å². The van der Waals surface area contributed by atoms with Gasteiger partial charge in [0.15, 0.2) is 0 Å². The molecular weight excluding hydrogens is 354 g/mol. The summed E-state index contributed by atoms with van der Waals surface area (Å²) >= 11 is 0. The maximum atomic E-state index is 12.5. The van der Waals surface area contributed by atoms with E-state index in [-0.39, 0.29) is 19.1 Å². The second-order valence-corrected chi connectivity index (χ2v) is 6.56. The minimum atomic E-state index is -1.09. The Balaban J connectivity index is 1.92. The zero-order valence-corrected chi connectivity index (χ0v) is 15.2. The van der Waals surface area contributed by atoms with Crippen LogP contribution in [-0.4, -0.2) is 42.4 Å². The van der Waals surface area contributed by atoms with Gasteiger partial charge in [0.05, 0.1) is 0 Å². The number of rotatable bonds is 7. The molecule has 3 amide bonds. The number of nitrogens with one attached hydrogen (secondary N) is 3. The van der Waals surface area contributed by atoms with Gasteiger partial charge in [0.1, 0.15) is 25.3 Å². The summed E-state index contributed by atoms with van der Waals surface area (Å²) in [5.74, 6) is -2.22. The van der Waals surface area contributed by atoms with Crippen LogP contribution < -0.4 is 16.1 Å². The molecule has 0 saturated carbocycles. The molecule has 1 aliphatic rings. The van der Waals surface area contributed by atoms with E-state index >= 15 is 0 Å². The first kappa shape index (κ1) is 20.4. The van der Waals surface area contributed by atoms with E-state index in [2.05, 4.69) is 10.6 Å². The third-order valence-electron chi connectivity index (χ3n) is 3.80. The van der Waals surface area contributed by atoms with Gasteiger partial charge in [-0.15, -0.1) is 0 Å². The number of amides is 3. The van der Waals surface area contributed by atoms with Gasteiger partial charge in [-0.05, 0) is 17.9 Å². The Kier molecular flexibility index (Phi) is 7.30. The van der Waals surface area contributed by atoms with E-state index in [1.807, 2.05) is 49.7 Å². The molecule has 1 heterocycles. The maximum Gasteiger partial charge on any atom is 0.408 e. The van der Waals surface area contributed by atoms with E-state index in [0.29, 0.717) is 6.42 Å². The van der Waals surface area contributed by atoms with Gasteiger partial charge in [-0.3, -0.25) is 19.2 Å². The largest absolute Gasteiger partial charge is 0.445 e. The molecule has 3 N–H and O–H groups in total. The van der Waals surface area contributed by atoms with Gasteiger partial charge in [0.2, 0.25) is 11.7 Å². The molecule has 0 radical (unpaired) electrons.